The molecule has 0 bridgehead atoms. The normalized spacial score (nSPS) is 11.2. The third-order valence-corrected chi connectivity index (χ3v) is 4.96. The molecule has 5 nitrogen and oxygen atoms in total. The van der Waals surface area contributed by atoms with Crippen LogP contribution in [-0.2, 0) is 29.4 Å². The molecule has 0 aliphatic rings. The van der Waals surface area contributed by atoms with Gasteiger partial charge in [-0.1, -0.05) is 38.1 Å². The zero-order valence-corrected chi connectivity index (χ0v) is 16.5. The van der Waals surface area contributed by atoms with Crippen LogP contribution < -0.4 is 10.0 Å². The minimum atomic E-state index is -3.40. The molecule has 0 fully saturated rings. The first-order chi connectivity index (χ1) is 12.2. The highest BCUT2D eigenvalue weighted by Gasteiger charge is 2.14. The van der Waals surface area contributed by atoms with Crippen molar-refractivity contribution < 1.29 is 13.2 Å². The zero-order chi connectivity index (χ0) is 19.3. The van der Waals surface area contributed by atoms with Crippen molar-refractivity contribution in [3.05, 3.63) is 64.2 Å². The first-order valence-electron chi connectivity index (χ1n) is 8.71. The highest BCUT2D eigenvalue weighted by molar-refractivity contribution is 7.92. The Labute approximate surface area is 155 Å². The summed E-state index contributed by atoms with van der Waals surface area (Å²) in [6, 6.07) is 11.4. The number of rotatable bonds is 7. The van der Waals surface area contributed by atoms with Crippen molar-refractivity contribution in [1.82, 2.24) is 5.32 Å². The fourth-order valence-electron chi connectivity index (χ4n) is 2.87. The van der Waals surface area contributed by atoms with Crippen LogP contribution in [0.15, 0.2) is 36.4 Å². The molecule has 0 aromatic heterocycles. The van der Waals surface area contributed by atoms with Gasteiger partial charge in [0.1, 0.15) is 0 Å². The van der Waals surface area contributed by atoms with E-state index in [1.54, 1.807) is 25.1 Å². The van der Waals surface area contributed by atoms with Crippen LogP contribution in [0.1, 0.15) is 46.5 Å². The molecule has 0 unspecified atom stereocenters. The summed E-state index contributed by atoms with van der Waals surface area (Å²) in [5.74, 6) is -0.219. The zero-order valence-electron chi connectivity index (χ0n) is 15.7. The number of nitrogens with one attached hydrogen (secondary N) is 2. The monoisotopic (exact) mass is 374 g/mol. The van der Waals surface area contributed by atoms with E-state index in [2.05, 4.69) is 42.1 Å². The minimum Gasteiger partial charge on any atom is -0.348 e. The van der Waals surface area contributed by atoms with E-state index in [-0.39, 0.29) is 5.91 Å². The molecule has 26 heavy (non-hydrogen) atoms. The number of anilines is 1. The van der Waals surface area contributed by atoms with Gasteiger partial charge in [-0.15, -0.1) is 0 Å². The molecule has 2 N–H and O–H groups in total. The molecule has 2 aromatic carbocycles. The van der Waals surface area contributed by atoms with Gasteiger partial charge in [0.15, 0.2) is 0 Å². The average Bonchev–Trinajstić information content (AvgIpc) is 2.60. The van der Waals surface area contributed by atoms with E-state index in [1.165, 1.54) is 11.1 Å². The molecule has 0 heterocycles. The van der Waals surface area contributed by atoms with Crippen LogP contribution in [0.2, 0.25) is 0 Å². The van der Waals surface area contributed by atoms with Crippen LogP contribution in [0.3, 0.4) is 0 Å². The predicted octanol–water partition coefficient (Wildman–Crippen LogP) is 3.42. The van der Waals surface area contributed by atoms with E-state index in [4.69, 9.17) is 0 Å². The Kier molecular flexibility index (Phi) is 6.42. The second-order valence-corrected chi connectivity index (χ2v) is 8.09. The first-order valence-corrected chi connectivity index (χ1v) is 10.6. The molecule has 0 aliphatic heterocycles. The lowest BCUT2D eigenvalue weighted by molar-refractivity contribution is 0.0950. The van der Waals surface area contributed by atoms with Gasteiger partial charge in [0.25, 0.3) is 5.91 Å². The van der Waals surface area contributed by atoms with Gasteiger partial charge in [-0.2, -0.15) is 0 Å². The molecule has 2 aromatic rings. The topological polar surface area (TPSA) is 75.3 Å². The number of carbonyl (C=O) groups excluding carboxylic acids is 1. The minimum absolute atomic E-state index is 0.219. The van der Waals surface area contributed by atoms with E-state index in [1.807, 2.05) is 0 Å². The Morgan fingerprint density at radius 1 is 1.04 bits per heavy atom. The third kappa shape index (κ3) is 5.08. The molecule has 0 spiro atoms. The van der Waals surface area contributed by atoms with Gasteiger partial charge in [-0.3, -0.25) is 9.52 Å². The summed E-state index contributed by atoms with van der Waals surface area (Å²) in [4.78, 5) is 12.6. The van der Waals surface area contributed by atoms with Gasteiger partial charge in [0.2, 0.25) is 10.0 Å². The summed E-state index contributed by atoms with van der Waals surface area (Å²) in [5, 5.41) is 2.96. The molecule has 2 rings (SSSR count). The summed E-state index contributed by atoms with van der Waals surface area (Å²) < 4.78 is 25.4. The second-order valence-electron chi connectivity index (χ2n) is 6.35. The van der Waals surface area contributed by atoms with Crippen LogP contribution in [0.25, 0.3) is 0 Å². The Balaban J connectivity index is 2.20. The van der Waals surface area contributed by atoms with Crippen molar-refractivity contribution in [2.24, 2.45) is 0 Å². The highest BCUT2D eigenvalue weighted by Crippen LogP contribution is 2.20. The van der Waals surface area contributed by atoms with Crippen LogP contribution >= 0.6 is 0 Å². The average molecular weight is 375 g/mol. The summed E-state index contributed by atoms with van der Waals surface area (Å²) in [5.41, 5.74) is 5.05. The number of hydrogen-bond donors (Lipinski definition) is 2. The molecular formula is C20H26N2O3S. The van der Waals surface area contributed by atoms with E-state index in [0.717, 1.165) is 24.7 Å². The molecule has 1 amide bonds. The standard InChI is InChI=1S/C20H26N2O3S/c1-5-15-10-11-16(6-2)17(12-15)13-21-20(23)18-8-7-9-19(14(18)3)22-26(4,24)25/h7-12,22H,5-6,13H2,1-4H3,(H,21,23). The van der Waals surface area contributed by atoms with Crippen molar-refractivity contribution in [3.8, 4) is 0 Å². The quantitative estimate of drug-likeness (QED) is 0.780. The van der Waals surface area contributed by atoms with Gasteiger partial charge < -0.3 is 5.32 Å². The molecular weight excluding hydrogens is 348 g/mol. The molecule has 0 radical (unpaired) electrons. The van der Waals surface area contributed by atoms with Crippen molar-refractivity contribution in [2.45, 2.75) is 40.2 Å². The lowest BCUT2D eigenvalue weighted by atomic mass is 10.0. The Bertz CT molecular complexity index is 905. The highest BCUT2D eigenvalue weighted by atomic mass is 32.2. The van der Waals surface area contributed by atoms with Crippen LogP contribution in [0.4, 0.5) is 5.69 Å². The van der Waals surface area contributed by atoms with Gasteiger partial charge in [-0.25, -0.2) is 8.42 Å². The summed E-state index contributed by atoms with van der Waals surface area (Å²) in [7, 11) is -3.40. The number of carbonyl (C=O) groups is 1. The predicted molar refractivity (Wildman–Crippen MR) is 106 cm³/mol. The Hall–Kier alpha value is -2.34. The summed E-state index contributed by atoms with van der Waals surface area (Å²) in [6.07, 6.45) is 2.94. The number of sulfonamides is 1. The molecule has 0 atom stereocenters. The van der Waals surface area contributed by atoms with Crippen molar-refractivity contribution >= 4 is 21.6 Å². The van der Waals surface area contributed by atoms with Gasteiger partial charge in [0, 0.05) is 12.1 Å². The van der Waals surface area contributed by atoms with E-state index >= 15 is 0 Å². The van der Waals surface area contributed by atoms with Crippen LogP contribution in [0, 0.1) is 6.92 Å². The Morgan fingerprint density at radius 3 is 2.38 bits per heavy atom. The van der Waals surface area contributed by atoms with Crippen molar-refractivity contribution in [2.75, 3.05) is 11.0 Å². The van der Waals surface area contributed by atoms with Crippen LogP contribution in [0.5, 0.6) is 0 Å². The molecule has 0 saturated heterocycles. The number of hydrogen-bond acceptors (Lipinski definition) is 3. The van der Waals surface area contributed by atoms with Crippen LogP contribution in [-0.4, -0.2) is 20.6 Å². The molecule has 6 heteroatoms. The third-order valence-electron chi connectivity index (χ3n) is 4.37. The molecule has 0 aliphatic carbocycles. The maximum atomic E-state index is 12.6. The van der Waals surface area contributed by atoms with Gasteiger partial charge in [-0.05, 0) is 54.2 Å². The van der Waals surface area contributed by atoms with E-state index < -0.39 is 10.0 Å². The van der Waals surface area contributed by atoms with Gasteiger partial charge >= 0.3 is 0 Å². The van der Waals surface area contributed by atoms with E-state index in [0.29, 0.717) is 23.4 Å². The smallest absolute Gasteiger partial charge is 0.251 e. The SMILES string of the molecule is CCc1ccc(CC)c(CNC(=O)c2cccc(NS(C)(=O)=O)c2C)c1. The number of aryl methyl sites for hydroxylation is 2. The summed E-state index contributed by atoms with van der Waals surface area (Å²) >= 11 is 0. The fraction of sp³-hybridized carbons (Fsp3) is 0.350. The fourth-order valence-corrected chi connectivity index (χ4v) is 3.49. The lowest BCUT2D eigenvalue weighted by Gasteiger charge is -2.14. The molecule has 0 saturated carbocycles. The number of benzene rings is 2. The summed E-state index contributed by atoms with van der Waals surface area (Å²) in [6.45, 7) is 6.38. The number of amides is 1. The first kappa shape index (κ1) is 20.0. The Morgan fingerprint density at radius 2 is 1.77 bits per heavy atom. The van der Waals surface area contributed by atoms with Gasteiger partial charge in [0.05, 0.1) is 11.9 Å². The van der Waals surface area contributed by atoms with Crippen molar-refractivity contribution in [3.63, 3.8) is 0 Å². The van der Waals surface area contributed by atoms with E-state index in [9.17, 15) is 13.2 Å². The second kappa shape index (κ2) is 8.36. The largest absolute Gasteiger partial charge is 0.348 e. The van der Waals surface area contributed by atoms with Crippen molar-refractivity contribution in [1.29, 1.82) is 0 Å². The lowest BCUT2D eigenvalue weighted by Crippen LogP contribution is -2.24. The maximum absolute atomic E-state index is 12.6. The molecule has 140 valence electrons. The maximum Gasteiger partial charge on any atom is 0.251 e.